The Morgan fingerprint density at radius 1 is 1.38 bits per heavy atom. The minimum Gasteiger partial charge on any atom is -0.481 e. The van der Waals surface area contributed by atoms with E-state index in [1.54, 1.807) is 20.2 Å². The summed E-state index contributed by atoms with van der Waals surface area (Å²) in [6.07, 6.45) is 2.71. The first-order valence-corrected chi connectivity index (χ1v) is 7.05. The molecule has 3 rings (SSSR count). The molecular weight excluding hydrogens is 264 g/mol. The molecule has 2 heterocycles. The van der Waals surface area contributed by atoms with Crippen LogP contribution in [0.2, 0.25) is 0 Å². The number of carbonyl (C=O) groups excluding carboxylic acids is 1. The van der Waals surface area contributed by atoms with Gasteiger partial charge in [0, 0.05) is 36.1 Å². The minimum absolute atomic E-state index is 0.116. The third-order valence-electron chi connectivity index (χ3n) is 3.88. The first kappa shape index (κ1) is 13.6. The largest absolute Gasteiger partial charge is 0.481 e. The number of anilines is 1. The number of hydrogen-bond donors (Lipinski definition) is 0. The van der Waals surface area contributed by atoms with Crippen molar-refractivity contribution in [3.05, 3.63) is 53.2 Å². The Balaban J connectivity index is 1.86. The summed E-state index contributed by atoms with van der Waals surface area (Å²) in [6.45, 7) is 3.33. The molecule has 1 aliphatic rings. The van der Waals surface area contributed by atoms with Crippen molar-refractivity contribution in [1.29, 1.82) is 0 Å². The van der Waals surface area contributed by atoms with E-state index in [4.69, 9.17) is 4.74 Å². The number of hydrogen-bond acceptors (Lipinski definition) is 4. The molecule has 2 aromatic rings. The smallest absolute Gasteiger partial charge is 0.218 e. The minimum atomic E-state index is 0.116. The lowest BCUT2D eigenvalue weighted by atomic mass is 10.1. The van der Waals surface area contributed by atoms with E-state index in [0.717, 1.165) is 30.6 Å². The Labute approximate surface area is 124 Å². The van der Waals surface area contributed by atoms with Crippen molar-refractivity contribution >= 4 is 11.5 Å². The highest BCUT2D eigenvalue weighted by atomic mass is 16.5. The molecule has 1 aromatic carbocycles. The highest BCUT2D eigenvalue weighted by Crippen LogP contribution is 2.31. The summed E-state index contributed by atoms with van der Waals surface area (Å²) in [4.78, 5) is 18.0. The molecule has 0 saturated heterocycles. The van der Waals surface area contributed by atoms with E-state index < -0.39 is 0 Å². The van der Waals surface area contributed by atoms with Crippen LogP contribution in [0.3, 0.4) is 0 Å². The monoisotopic (exact) mass is 282 g/mol. The molecule has 0 amide bonds. The molecule has 4 heteroatoms. The number of carbonyl (C=O) groups is 1. The topological polar surface area (TPSA) is 42.4 Å². The Bertz CT molecular complexity index is 682. The van der Waals surface area contributed by atoms with Crippen LogP contribution < -0.4 is 9.64 Å². The van der Waals surface area contributed by atoms with Gasteiger partial charge in [0.25, 0.3) is 0 Å². The maximum absolute atomic E-state index is 11.5. The number of Topliss-reactive ketones (excluding diaryl/α,β-unsaturated/α-hetero) is 1. The van der Waals surface area contributed by atoms with E-state index in [1.165, 1.54) is 11.3 Å². The molecular formula is C17H18N2O2. The summed E-state index contributed by atoms with van der Waals surface area (Å²) in [6, 6.07) is 9.92. The zero-order valence-electron chi connectivity index (χ0n) is 12.3. The second-order valence-corrected chi connectivity index (χ2v) is 5.24. The molecule has 1 aromatic heterocycles. The van der Waals surface area contributed by atoms with Gasteiger partial charge in [-0.2, -0.15) is 0 Å². The Morgan fingerprint density at radius 2 is 2.24 bits per heavy atom. The van der Waals surface area contributed by atoms with Crippen LogP contribution >= 0.6 is 0 Å². The van der Waals surface area contributed by atoms with Crippen molar-refractivity contribution < 1.29 is 9.53 Å². The van der Waals surface area contributed by atoms with Crippen molar-refractivity contribution in [3.63, 3.8) is 0 Å². The zero-order valence-corrected chi connectivity index (χ0v) is 12.3. The number of ketones is 1. The molecule has 0 radical (unpaired) electrons. The number of fused-ring (bicyclic) bond motifs is 1. The number of ether oxygens (including phenoxy) is 1. The van der Waals surface area contributed by atoms with E-state index in [-0.39, 0.29) is 5.78 Å². The van der Waals surface area contributed by atoms with Crippen LogP contribution in [0.1, 0.15) is 28.4 Å². The number of nitrogens with zero attached hydrogens (tertiary/aromatic N) is 2. The van der Waals surface area contributed by atoms with Gasteiger partial charge in [0.05, 0.1) is 7.11 Å². The normalized spacial score (nSPS) is 13.1. The van der Waals surface area contributed by atoms with E-state index in [2.05, 4.69) is 9.88 Å². The van der Waals surface area contributed by atoms with Crippen molar-refractivity contribution in [1.82, 2.24) is 4.98 Å². The van der Waals surface area contributed by atoms with Crippen LogP contribution in [0.5, 0.6) is 5.88 Å². The first-order chi connectivity index (χ1) is 10.2. The molecule has 4 nitrogen and oxygen atoms in total. The van der Waals surface area contributed by atoms with Gasteiger partial charge in [0.2, 0.25) is 5.88 Å². The van der Waals surface area contributed by atoms with E-state index >= 15 is 0 Å². The number of aromatic nitrogens is 1. The fourth-order valence-corrected chi connectivity index (χ4v) is 2.79. The molecule has 0 bridgehead atoms. The molecule has 0 fully saturated rings. The number of pyridine rings is 1. The summed E-state index contributed by atoms with van der Waals surface area (Å²) < 4.78 is 5.31. The SMILES string of the molecule is COc1ncccc1CN1CCc2cc(C(C)=O)ccc21. The van der Waals surface area contributed by atoms with Crippen LogP contribution in [0.4, 0.5) is 5.69 Å². The third-order valence-corrected chi connectivity index (χ3v) is 3.88. The fourth-order valence-electron chi connectivity index (χ4n) is 2.79. The quantitative estimate of drug-likeness (QED) is 0.809. The van der Waals surface area contributed by atoms with E-state index in [9.17, 15) is 4.79 Å². The van der Waals surface area contributed by atoms with E-state index in [0.29, 0.717) is 5.88 Å². The summed E-state index contributed by atoms with van der Waals surface area (Å²) in [5.41, 5.74) is 4.30. The van der Waals surface area contributed by atoms with Gasteiger partial charge in [-0.15, -0.1) is 0 Å². The highest BCUT2D eigenvalue weighted by molar-refractivity contribution is 5.94. The molecule has 0 spiro atoms. The van der Waals surface area contributed by atoms with Gasteiger partial charge in [-0.05, 0) is 43.2 Å². The van der Waals surface area contributed by atoms with Crippen LogP contribution in [0.15, 0.2) is 36.5 Å². The number of rotatable bonds is 4. The maximum Gasteiger partial charge on any atom is 0.218 e. The van der Waals surface area contributed by atoms with Gasteiger partial charge in [-0.25, -0.2) is 4.98 Å². The molecule has 21 heavy (non-hydrogen) atoms. The second-order valence-electron chi connectivity index (χ2n) is 5.24. The van der Waals surface area contributed by atoms with Gasteiger partial charge in [0.15, 0.2) is 5.78 Å². The Hall–Kier alpha value is -2.36. The van der Waals surface area contributed by atoms with Crippen LogP contribution in [0.25, 0.3) is 0 Å². The zero-order chi connectivity index (χ0) is 14.8. The lowest BCUT2D eigenvalue weighted by Gasteiger charge is -2.20. The summed E-state index contributed by atoms with van der Waals surface area (Å²) in [7, 11) is 1.64. The Kier molecular flexibility index (Phi) is 3.60. The van der Waals surface area contributed by atoms with Gasteiger partial charge < -0.3 is 9.64 Å². The lowest BCUT2D eigenvalue weighted by molar-refractivity contribution is 0.101. The fraction of sp³-hybridized carbons (Fsp3) is 0.294. The lowest BCUT2D eigenvalue weighted by Crippen LogP contribution is -2.20. The molecule has 0 aliphatic carbocycles. The molecule has 0 unspecified atom stereocenters. The van der Waals surface area contributed by atoms with Crippen molar-refractivity contribution in [2.75, 3.05) is 18.6 Å². The average molecular weight is 282 g/mol. The van der Waals surface area contributed by atoms with Crippen LogP contribution in [-0.2, 0) is 13.0 Å². The van der Waals surface area contributed by atoms with Crippen LogP contribution in [0, 0.1) is 0 Å². The predicted molar refractivity (Wildman–Crippen MR) is 82.0 cm³/mol. The Morgan fingerprint density at radius 3 is 3.00 bits per heavy atom. The van der Waals surface area contributed by atoms with Gasteiger partial charge in [-0.1, -0.05) is 6.07 Å². The predicted octanol–water partition coefficient (Wildman–Crippen LogP) is 2.86. The maximum atomic E-state index is 11.5. The standard InChI is InChI=1S/C17H18N2O2/c1-12(20)13-5-6-16-14(10-13)7-9-19(16)11-15-4-3-8-18-17(15)21-2/h3-6,8,10H,7,9,11H2,1-2H3. The average Bonchev–Trinajstić information content (AvgIpc) is 2.90. The van der Waals surface area contributed by atoms with Crippen molar-refractivity contribution in [2.45, 2.75) is 19.9 Å². The molecule has 0 atom stereocenters. The number of methoxy groups -OCH3 is 1. The molecule has 0 saturated carbocycles. The van der Waals surface area contributed by atoms with Crippen molar-refractivity contribution in [2.24, 2.45) is 0 Å². The highest BCUT2D eigenvalue weighted by Gasteiger charge is 2.21. The molecule has 1 aliphatic heterocycles. The summed E-state index contributed by atoms with van der Waals surface area (Å²) in [5, 5.41) is 0. The first-order valence-electron chi connectivity index (χ1n) is 7.05. The van der Waals surface area contributed by atoms with Crippen LogP contribution in [-0.4, -0.2) is 24.4 Å². The van der Waals surface area contributed by atoms with Gasteiger partial charge in [0.1, 0.15) is 0 Å². The van der Waals surface area contributed by atoms with Gasteiger partial charge in [-0.3, -0.25) is 4.79 Å². The van der Waals surface area contributed by atoms with Crippen molar-refractivity contribution in [3.8, 4) is 5.88 Å². The summed E-state index contributed by atoms with van der Waals surface area (Å²) in [5.74, 6) is 0.788. The van der Waals surface area contributed by atoms with Gasteiger partial charge >= 0.3 is 0 Å². The molecule has 108 valence electrons. The molecule has 0 N–H and O–H groups in total. The van der Waals surface area contributed by atoms with E-state index in [1.807, 2.05) is 30.3 Å². The second kappa shape index (κ2) is 5.56. The summed E-state index contributed by atoms with van der Waals surface area (Å²) >= 11 is 0. The number of benzene rings is 1. The third kappa shape index (κ3) is 2.61.